The van der Waals surface area contributed by atoms with Crippen LogP contribution in [0.3, 0.4) is 0 Å². The molecule has 1 unspecified atom stereocenters. The quantitative estimate of drug-likeness (QED) is 0.809. The summed E-state index contributed by atoms with van der Waals surface area (Å²) in [4.78, 5) is 4.30. The molecule has 0 aliphatic rings. The van der Waals surface area contributed by atoms with E-state index >= 15 is 0 Å². The second kappa shape index (κ2) is 6.33. The van der Waals surface area contributed by atoms with E-state index < -0.39 is 0 Å². The molecule has 0 radical (unpaired) electrons. The van der Waals surface area contributed by atoms with Gasteiger partial charge in [-0.15, -0.1) is 0 Å². The largest absolute Gasteiger partial charge is 0.399 e. The van der Waals surface area contributed by atoms with E-state index in [2.05, 4.69) is 17.1 Å². The zero-order valence-corrected chi connectivity index (χ0v) is 11.3. The van der Waals surface area contributed by atoms with Crippen molar-refractivity contribution in [3.63, 3.8) is 0 Å². The molecule has 0 bridgehead atoms. The summed E-state index contributed by atoms with van der Waals surface area (Å²) in [6.07, 6.45) is 0.711. The molecular weight excluding hydrogens is 242 g/mol. The summed E-state index contributed by atoms with van der Waals surface area (Å²) in [6, 6.07) is 7.86. The highest BCUT2D eigenvalue weighted by Crippen LogP contribution is 2.20. The fraction of sp³-hybridized carbons (Fsp3) is 0.429. The van der Waals surface area contributed by atoms with E-state index in [0.717, 1.165) is 5.69 Å². The van der Waals surface area contributed by atoms with Crippen LogP contribution in [-0.4, -0.2) is 16.7 Å². The van der Waals surface area contributed by atoms with E-state index in [0.29, 0.717) is 37.3 Å². The first-order chi connectivity index (χ1) is 9.19. The Balaban J connectivity index is 1.96. The van der Waals surface area contributed by atoms with Gasteiger partial charge in [0, 0.05) is 18.7 Å². The van der Waals surface area contributed by atoms with Crippen molar-refractivity contribution in [3.8, 4) is 0 Å². The topological polar surface area (TPSA) is 74.2 Å². The van der Waals surface area contributed by atoms with Gasteiger partial charge in [0.2, 0.25) is 5.89 Å². The first-order valence-corrected chi connectivity index (χ1v) is 6.43. The van der Waals surface area contributed by atoms with Crippen LogP contribution >= 0.6 is 0 Å². The van der Waals surface area contributed by atoms with Crippen molar-refractivity contribution in [2.75, 3.05) is 12.3 Å². The van der Waals surface area contributed by atoms with E-state index in [1.165, 1.54) is 5.56 Å². The number of nitrogen functional groups attached to an aromatic ring is 1. The summed E-state index contributed by atoms with van der Waals surface area (Å²) >= 11 is 0. The van der Waals surface area contributed by atoms with Gasteiger partial charge in [0.15, 0.2) is 5.82 Å². The molecule has 1 aromatic carbocycles. The summed E-state index contributed by atoms with van der Waals surface area (Å²) in [6.45, 7) is 5.10. The Bertz CT molecular complexity index is 508. The smallest absolute Gasteiger partial charge is 0.227 e. The highest BCUT2D eigenvalue weighted by Gasteiger charge is 2.12. The van der Waals surface area contributed by atoms with Crippen molar-refractivity contribution in [3.05, 3.63) is 41.5 Å². The maximum absolute atomic E-state index is 5.67. The average Bonchev–Trinajstić information content (AvgIpc) is 2.84. The number of hydrogen-bond acceptors (Lipinski definition) is 5. The SMILES string of the molecule is CCOCc1noc(CC(C)c2ccc(N)cc2)n1. The van der Waals surface area contributed by atoms with E-state index in [-0.39, 0.29) is 0 Å². The highest BCUT2D eigenvalue weighted by atomic mass is 16.5. The molecule has 0 fully saturated rings. The van der Waals surface area contributed by atoms with Crippen molar-refractivity contribution >= 4 is 5.69 Å². The van der Waals surface area contributed by atoms with Crippen LogP contribution in [-0.2, 0) is 17.8 Å². The molecule has 0 aliphatic carbocycles. The summed E-state index contributed by atoms with van der Waals surface area (Å²) in [5, 5.41) is 3.88. The fourth-order valence-corrected chi connectivity index (χ4v) is 1.83. The molecule has 102 valence electrons. The van der Waals surface area contributed by atoms with Gasteiger partial charge in [-0.2, -0.15) is 4.98 Å². The first kappa shape index (κ1) is 13.5. The molecule has 0 saturated carbocycles. The number of rotatable bonds is 6. The van der Waals surface area contributed by atoms with Crippen molar-refractivity contribution < 1.29 is 9.26 Å². The standard InChI is InChI=1S/C14H19N3O2/c1-3-18-9-13-16-14(19-17-13)8-10(2)11-4-6-12(15)7-5-11/h4-7,10H,3,8-9,15H2,1-2H3. The molecule has 1 aromatic heterocycles. The van der Waals surface area contributed by atoms with Crippen LogP contribution in [0.5, 0.6) is 0 Å². The summed E-state index contributed by atoms with van der Waals surface area (Å²) in [5.74, 6) is 1.54. The molecule has 1 atom stereocenters. The van der Waals surface area contributed by atoms with E-state index in [4.69, 9.17) is 15.0 Å². The lowest BCUT2D eigenvalue weighted by Crippen LogP contribution is -2.00. The molecule has 5 nitrogen and oxygen atoms in total. The minimum Gasteiger partial charge on any atom is -0.399 e. The van der Waals surface area contributed by atoms with E-state index in [1.54, 1.807) is 0 Å². The van der Waals surface area contributed by atoms with Gasteiger partial charge in [0.05, 0.1) is 0 Å². The molecule has 0 spiro atoms. The van der Waals surface area contributed by atoms with Crippen molar-refractivity contribution in [1.82, 2.24) is 10.1 Å². The molecule has 2 rings (SSSR count). The van der Waals surface area contributed by atoms with Gasteiger partial charge in [-0.25, -0.2) is 0 Å². The molecule has 1 heterocycles. The van der Waals surface area contributed by atoms with Crippen molar-refractivity contribution in [2.24, 2.45) is 0 Å². The zero-order chi connectivity index (χ0) is 13.7. The van der Waals surface area contributed by atoms with Crippen LogP contribution in [0.25, 0.3) is 0 Å². The Morgan fingerprint density at radius 1 is 1.32 bits per heavy atom. The number of nitrogens with zero attached hydrogens (tertiary/aromatic N) is 2. The first-order valence-electron chi connectivity index (χ1n) is 6.43. The second-order valence-corrected chi connectivity index (χ2v) is 4.51. The van der Waals surface area contributed by atoms with Crippen molar-refractivity contribution in [2.45, 2.75) is 32.8 Å². The highest BCUT2D eigenvalue weighted by molar-refractivity contribution is 5.40. The average molecular weight is 261 g/mol. The molecule has 5 heteroatoms. The maximum atomic E-state index is 5.67. The molecule has 19 heavy (non-hydrogen) atoms. The van der Waals surface area contributed by atoms with Gasteiger partial charge in [-0.3, -0.25) is 0 Å². The van der Waals surface area contributed by atoms with Gasteiger partial charge in [-0.1, -0.05) is 24.2 Å². The van der Waals surface area contributed by atoms with E-state index in [1.807, 2.05) is 31.2 Å². The normalized spacial score (nSPS) is 12.5. The number of hydrogen-bond donors (Lipinski definition) is 1. The van der Waals surface area contributed by atoms with Crippen LogP contribution in [0, 0.1) is 0 Å². The fourth-order valence-electron chi connectivity index (χ4n) is 1.83. The predicted octanol–water partition coefficient (Wildman–Crippen LogP) is 2.53. The maximum Gasteiger partial charge on any atom is 0.227 e. The second-order valence-electron chi connectivity index (χ2n) is 4.51. The Morgan fingerprint density at radius 3 is 2.74 bits per heavy atom. The van der Waals surface area contributed by atoms with Crippen LogP contribution in [0.2, 0.25) is 0 Å². The minimum absolute atomic E-state index is 0.306. The zero-order valence-electron chi connectivity index (χ0n) is 11.3. The molecule has 0 aliphatic heterocycles. The third kappa shape index (κ3) is 3.79. The molecule has 2 aromatic rings. The van der Waals surface area contributed by atoms with Gasteiger partial charge in [-0.05, 0) is 30.5 Å². The van der Waals surface area contributed by atoms with Crippen molar-refractivity contribution in [1.29, 1.82) is 0 Å². The number of ether oxygens (including phenoxy) is 1. The number of aromatic nitrogens is 2. The van der Waals surface area contributed by atoms with Gasteiger partial charge in [0.25, 0.3) is 0 Å². The summed E-state index contributed by atoms with van der Waals surface area (Å²) in [5.41, 5.74) is 7.65. The lowest BCUT2D eigenvalue weighted by molar-refractivity contribution is 0.126. The van der Waals surface area contributed by atoms with Gasteiger partial charge < -0.3 is 15.0 Å². The Hall–Kier alpha value is -1.88. The van der Waals surface area contributed by atoms with Gasteiger partial charge in [0.1, 0.15) is 6.61 Å². The summed E-state index contributed by atoms with van der Waals surface area (Å²) in [7, 11) is 0. The molecule has 0 amide bonds. The molecule has 0 saturated heterocycles. The van der Waals surface area contributed by atoms with Gasteiger partial charge >= 0.3 is 0 Å². The molecular formula is C14H19N3O2. The third-order valence-electron chi connectivity index (χ3n) is 2.93. The number of benzene rings is 1. The lowest BCUT2D eigenvalue weighted by atomic mass is 9.98. The van der Waals surface area contributed by atoms with Crippen LogP contribution in [0.1, 0.15) is 37.0 Å². The molecule has 2 N–H and O–H groups in total. The van der Waals surface area contributed by atoms with Crippen LogP contribution in [0.15, 0.2) is 28.8 Å². The number of nitrogens with two attached hydrogens (primary N) is 1. The minimum atomic E-state index is 0.306. The Labute approximate surface area is 112 Å². The third-order valence-corrected chi connectivity index (χ3v) is 2.93. The predicted molar refractivity (Wildman–Crippen MR) is 72.6 cm³/mol. The monoisotopic (exact) mass is 261 g/mol. The number of anilines is 1. The van der Waals surface area contributed by atoms with E-state index in [9.17, 15) is 0 Å². The summed E-state index contributed by atoms with van der Waals surface area (Å²) < 4.78 is 10.4. The lowest BCUT2D eigenvalue weighted by Gasteiger charge is -2.09. The Kier molecular flexibility index (Phi) is 4.52. The Morgan fingerprint density at radius 2 is 2.05 bits per heavy atom. The van der Waals surface area contributed by atoms with Crippen LogP contribution in [0.4, 0.5) is 5.69 Å². The van der Waals surface area contributed by atoms with Crippen LogP contribution < -0.4 is 5.73 Å².